The molecule has 1 heteroatoms. The van der Waals surface area contributed by atoms with E-state index >= 15 is 0 Å². The van der Waals surface area contributed by atoms with Crippen molar-refractivity contribution < 1.29 is 0 Å². The summed E-state index contributed by atoms with van der Waals surface area (Å²) in [6.07, 6.45) is 5.52. The zero-order valence-electron chi connectivity index (χ0n) is 8.33. The van der Waals surface area contributed by atoms with Crippen molar-refractivity contribution in [3.8, 4) is 0 Å². The van der Waals surface area contributed by atoms with Gasteiger partial charge in [0.15, 0.2) is 0 Å². The zero-order valence-corrected chi connectivity index (χ0v) is 8.33. The van der Waals surface area contributed by atoms with Crippen LogP contribution in [0, 0.1) is 0 Å². The lowest BCUT2D eigenvalue weighted by Crippen LogP contribution is -1.90. The second-order valence-corrected chi connectivity index (χ2v) is 3.29. The summed E-state index contributed by atoms with van der Waals surface area (Å²) < 4.78 is 0. The van der Waals surface area contributed by atoms with Crippen LogP contribution >= 0.6 is 0 Å². The van der Waals surface area contributed by atoms with Gasteiger partial charge in [-0.05, 0) is 30.0 Å². The lowest BCUT2D eigenvalue weighted by molar-refractivity contribution is 0.957. The van der Waals surface area contributed by atoms with Crippen LogP contribution in [0.5, 0.6) is 0 Å². The summed E-state index contributed by atoms with van der Waals surface area (Å²) in [6, 6.07) is 8.07. The van der Waals surface area contributed by atoms with E-state index in [1.165, 1.54) is 5.56 Å². The third-order valence-electron chi connectivity index (χ3n) is 2.12. The number of nitrogens with two attached hydrogens (primary N) is 1. The predicted octanol–water partition coefficient (Wildman–Crippen LogP) is 3.34. The molecule has 13 heavy (non-hydrogen) atoms. The van der Waals surface area contributed by atoms with Crippen LogP contribution in [0.2, 0.25) is 0 Å². The van der Waals surface area contributed by atoms with E-state index in [9.17, 15) is 0 Å². The first-order valence-electron chi connectivity index (χ1n) is 4.76. The second kappa shape index (κ2) is 4.70. The molecule has 0 aliphatic heterocycles. The molecular weight excluding hydrogens is 158 g/mol. The maximum Gasteiger partial charge on any atom is 0.0314 e. The Kier molecular flexibility index (Phi) is 3.56. The fraction of sp³-hybridized carbons (Fsp3) is 0.333. The number of rotatable bonds is 3. The van der Waals surface area contributed by atoms with Crippen molar-refractivity contribution in [2.24, 2.45) is 0 Å². The molecule has 1 aromatic carbocycles. The van der Waals surface area contributed by atoms with Gasteiger partial charge in [-0.2, -0.15) is 0 Å². The van der Waals surface area contributed by atoms with Gasteiger partial charge in [0.1, 0.15) is 0 Å². The molecule has 0 heterocycles. The third-order valence-corrected chi connectivity index (χ3v) is 2.12. The van der Waals surface area contributed by atoms with Gasteiger partial charge in [-0.1, -0.05) is 38.1 Å². The minimum atomic E-state index is 0.487. The van der Waals surface area contributed by atoms with Gasteiger partial charge in [0.05, 0.1) is 0 Å². The molecule has 0 fully saturated rings. The van der Waals surface area contributed by atoms with Gasteiger partial charge < -0.3 is 5.73 Å². The molecule has 0 bridgehead atoms. The van der Waals surface area contributed by atoms with Crippen molar-refractivity contribution in [1.82, 2.24) is 0 Å². The fourth-order valence-corrected chi connectivity index (χ4v) is 1.25. The molecule has 1 unspecified atom stereocenters. The largest absolute Gasteiger partial charge is 0.399 e. The van der Waals surface area contributed by atoms with Gasteiger partial charge in [-0.15, -0.1) is 0 Å². The molecule has 0 aromatic heterocycles. The maximum absolute atomic E-state index is 5.61. The summed E-state index contributed by atoms with van der Waals surface area (Å²) in [5.74, 6) is 0.487. The highest BCUT2D eigenvalue weighted by atomic mass is 14.5. The van der Waals surface area contributed by atoms with Crippen molar-refractivity contribution in [3.05, 3.63) is 42.0 Å². The molecule has 1 atom stereocenters. The predicted molar refractivity (Wildman–Crippen MR) is 58.7 cm³/mol. The quantitative estimate of drug-likeness (QED) is 0.553. The van der Waals surface area contributed by atoms with Gasteiger partial charge in [-0.3, -0.25) is 0 Å². The molecule has 0 amide bonds. The van der Waals surface area contributed by atoms with E-state index in [-0.39, 0.29) is 0 Å². The lowest BCUT2D eigenvalue weighted by atomic mass is 10.0. The number of hydrogen-bond donors (Lipinski definition) is 1. The molecule has 2 N–H and O–H groups in total. The van der Waals surface area contributed by atoms with Crippen LogP contribution in [-0.2, 0) is 0 Å². The van der Waals surface area contributed by atoms with Gasteiger partial charge in [0.25, 0.3) is 0 Å². The first kappa shape index (κ1) is 9.85. The van der Waals surface area contributed by atoms with Crippen molar-refractivity contribution in [1.29, 1.82) is 0 Å². The summed E-state index contributed by atoms with van der Waals surface area (Å²) in [4.78, 5) is 0. The van der Waals surface area contributed by atoms with E-state index in [4.69, 9.17) is 5.73 Å². The van der Waals surface area contributed by atoms with Crippen molar-refractivity contribution in [3.63, 3.8) is 0 Å². The average Bonchev–Trinajstić information content (AvgIpc) is 2.15. The summed E-state index contributed by atoms with van der Waals surface area (Å²) in [5.41, 5.74) is 7.76. The lowest BCUT2D eigenvalue weighted by Gasteiger charge is -2.06. The summed E-state index contributed by atoms with van der Waals surface area (Å²) in [6.45, 7) is 4.34. The minimum absolute atomic E-state index is 0.487. The first-order chi connectivity index (χ1) is 6.24. The molecule has 0 saturated heterocycles. The highest BCUT2D eigenvalue weighted by Crippen LogP contribution is 2.17. The molecule has 1 aromatic rings. The van der Waals surface area contributed by atoms with Gasteiger partial charge in [0, 0.05) is 5.69 Å². The van der Waals surface area contributed by atoms with Gasteiger partial charge >= 0.3 is 0 Å². The van der Waals surface area contributed by atoms with Crippen molar-refractivity contribution >= 4 is 5.69 Å². The van der Waals surface area contributed by atoms with E-state index in [0.717, 1.165) is 12.1 Å². The molecule has 0 aliphatic carbocycles. The number of benzene rings is 1. The van der Waals surface area contributed by atoms with Crippen LogP contribution in [0.3, 0.4) is 0 Å². The van der Waals surface area contributed by atoms with Crippen molar-refractivity contribution in [2.45, 2.75) is 26.2 Å². The standard InChI is InChI=1S/C12H17N/c1-3-4-5-10(2)11-6-8-12(13)9-7-11/h4-10H,3,13H2,1-2H3/b5-4+. The molecule has 1 rings (SSSR count). The highest BCUT2D eigenvalue weighted by Gasteiger charge is 1.99. The zero-order chi connectivity index (χ0) is 9.68. The Bertz CT molecular complexity index is 272. The smallest absolute Gasteiger partial charge is 0.0314 e. The van der Waals surface area contributed by atoms with Crippen LogP contribution in [0.1, 0.15) is 31.7 Å². The molecule has 0 radical (unpaired) electrons. The van der Waals surface area contributed by atoms with E-state index in [0.29, 0.717) is 5.92 Å². The minimum Gasteiger partial charge on any atom is -0.399 e. The van der Waals surface area contributed by atoms with E-state index in [2.05, 4.69) is 38.1 Å². The normalized spacial score (nSPS) is 13.4. The number of allylic oxidation sites excluding steroid dienone is 2. The van der Waals surface area contributed by atoms with Crippen LogP contribution < -0.4 is 5.73 Å². The van der Waals surface area contributed by atoms with Gasteiger partial charge in [0.2, 0.25) is 0 Å². The van der Waals surface area contributed by atoms with Crippen LogP contribution in [0.25, 0.3) is 0 Å². The Labute approximate surface area is 80.3 Å². The number of nitrogen functional groups attached to an aromatic ring is 1. The summed E-state index contributed by atoms with van der Waals surface area (Å²) in [7, 11) is 0. The van der Waals surface area contributed by atoms with E-state index in [1.807, 2.05) is 12.1 Å². The molecule has 1 nitrogen and oxygen atoms in total. The van der Waals surface area contributed by atoms with E-state index in [1.54, 1.807) is 0 Å². The average molecular weight is 175 g/mol. The number of anilines is 1. The molecule has 0 saturated carbocycles. The molecule has 0 aliphatic rings. The Hall–Kier alpha value is -1.24. The maximum atomic E-state index is 5.61. The van der Waals surface area contributed by atoms with Crippen LogP contribution in [0.4, 0.5) is 5.69 Å². The number of hydrogen-bond acceptors (Lipinski definition) is 1. The SMILES string of the molecule is CC/C=C/C(C)c1ccc(N)cc1. The fourth-order valence-electron chi connectivity index (χ4n) is 1.25. The molecule has 0 spiro atoms. The summed E-state index contributed by atoms with van der Waals surface area (Å²) in [5, 5.41) is 0. The van der Waals surface area contributed by atoms with Gasteiger partial charge in [-0.25, -0.2) is 0 Å². The van der Waals surface area contributed by atoms with E-state index < -0.39 is 0 Å². The monoisotopic (exact) mass is 175 g/mol. The second-order valence-electron chi connectivity index (χ2n) is 3.29. The van der Waals surface area contributed by atoms with Crippen molar-refractivity contribution in [2.75, 3.05) is 5.73 Å². The first-order valence-corrected chi connectivity index (χ1v) is 4.76. The topological polar surface area (TPSA) is 26.0 Å². The van der Waals surface area contributed by atoms with Crippen LogP contribution in [-0.4, -0.2) is 0 Å². The Morgan fingerprint density at radius 2 is 1.92 bits per heavy atom. The Morgan fingerprint density at radius 1 is 1.31 bits per heavy atom. The Morgan fingerprint density at radius 3 is 2.46 bits per heavy atom. The third kappa shape index (κ3) is 2.94. The molecule has 70 valence electrons. The molecular formula is C12H17N. The highest BCUT2D eigenvalue weighted by molar-refractivity contribution is 5.40. The Balaban J connectivity index is 2.71. The van der Waals surface area contributed by atoms with Crippen LogP contribution in [0.15, 0.2) is 36.4 Å². The summed E-state index contributed by atoms with van der Waals surface area (Å²) >= 11 is 0.